The number of aromatic nitrogens is 4. The van der Waals surface area contributed by atoms with E-state index < -0.39 is 14.6 Å². The standard InChI is InChI=1S/C18H25N5O3S/c1-13(15-2-3-17(20-9-15)23-12-19-11-21-23)22-16-4-5-27(25,26)18(8-16)6-14(7-18)10-24/h2-3,9,11-14,16,22,24H,4-8,10H2,1H3. The van der Waals surface area contributed by atoms with E-state index >= 15 is 0 Å². The average Bonchev–Trinajstić information content (AvgIpc) is 3.16. The molecule has 9 heteroatoms. The third kappa shape index (κ3) is 3.39. The number of aliphatic hydroxyl groups excluding tert-OH is 1. The van der Waals surface area contributed by atoms with Crippen molar-refractivity contribution in [1.29, 1.82) is 0 Å². The normalized spacial score (nSPS) is 30.7. The molecule has 8 nitrogen and oxygen atoms in total. The molecule has 2 fully saturated rings. The van der Waals surface area contributed by atoms with E-state index in [-0.39, 0.29) is 30.4 Å². The Hall–Kier alpha value is -1.84. The third-order valence-corrected chi connectivity index (χ3v) is 8.60. The van der Waals surface area contributed by atoms with Crippen LogP contribution >= 0.6 is 0 Å². The zero-order chi connectivity index (χ0) is 19.1. The number of rotatable bonds is 5. The highest BCUT2D eigenvalue weighted by molar-refractivity contribution is 7.92. The Morgan fingerprint density at radius 3 is 2.81 bits per heavy atom. The highest BCUT2D eigenvalue weighted by Crippen LogP contribution is 2.50. The Bertz CT molecular complexity index is 876. The maximum Gasteiger partial charge on any atom is 0.156 e. The Labute approximate surface area is 159 Å². The Kier molecular flexibility index (Phi) is 4.77. The first kappa shape index (κ1) is 18.5. The van der Waals surface area contributed by atoms with Gasteiger partial charge in [-0.25, -0.2) is 23.1 Å². The van der Waals surface area contributed by atoms with Crippen molar-refractivity contribution < 1.29 is 13.5 Å². The first-order valence-corrected chi connectivity index (χ1v) is 11.0. The fourth-order valence-electron chi connectivity index (χ4n) is 4.44. The molecule has 0 radical (unpaired) electrons. The quantitative estimate of drug-likeness (QED) is 0.783. The average molecular weight is 391 g/mol. The molecule has 2 unspecified atom stereocenters. The van der Waals surface area contributed by atoms with Crippen molar-refractivity contribution in [3.05, 3.63) is 36.5 Å². The largest absolute Gasteiger partial charge is 0.396 e. The van der Waals surface area contributed by atoms with Crippen LogP contribution in [-0.2, 0) is 9.84 Å². The lowest BCUT2D eigenvalue weighted by Gasteiger charge is -2.51. The maximum absolute atomic E-state index is 12.6. The molecule has 1 aliphatic heterocycles. The summed E-state index contributed by atoms with van der Waals surface area (Å²) in [7, 11) is -3.07. The number of pyridine rings is 1. The molecule has 3 heterocycles. The molecule has 2 aromatic rings. The molecule has 27 heavy (non-hydrogen) atoms. The van der Waals surface area contributed by atoms with Crippen LogP contribution in [-0.4, -0.2) is 56.4 Å². The van der Waals surface area contributed by atoms with Gasteiger partial charge in [0.15, 0.2) is 15.7 Å². The number of hydrogen-bond donors (Lipinski definition) is 2. The second-order valence-corrected chi connectivity index (χ2v) is 10.3. The molecule has 2 aliphatic rings. The van der Waals surface area contributed by atoms with E-state index in [2.05, 4.69) is 27.3 Å². The molecule has 2 aromatic heterocycles. The maximum atomic E-state index is 12.6. The minimum atomic E-state index is -3.07. The van der Waals surface area contributed by atoms with Crippen LogP contribution < -0.4 is 5.32 Å². The van der Waals surface area contributed by atoms with E-state index in [1.54, 1.807) is 11.0 Å². The van der Waals surface area contributed by atoms with Gasteiger partial charge >= 0.3 is 0 Å². The third-order valence-electron chi connectivity index (χ3n) is 6.00. The van der Waals surface area contributed by atoms with Crippen LogP contribution in [0.5, 0.6) is 0 Å². The van der Waals surface area contributed by atoms with E-state index in [4.69, 9.17) is 0 Å². The summed E-state index contributed by atoms with van der Waals surface area (Å²) in [5.41, 5.74) is 1.04. The van der Waals surface area contributed by atoms with Crippen LogP contribution in [0.4, 0.5) is 0 Å². The molecule has 2 N–H and O–H groups in total. The molecule has 0 aromatic carbocycles. The number of aliphatic hydroxyl groups is 1. The van der Waals surface area contributed by atoms with E-state index in [1.807, 2.05) is 18.3 Å². The first-order valence-electron chi connectivity index (χ1n) is 9.33. The zero-order valence-electron chi connectivity index (χ0n) is 15.3. The molecule has 2 atom stereocenters. The summed E-state index contributed by atoms with van der Waals surface area (Å²) in [6.07, 6.45) is 7.32. The van der Waals surface area contributed by atoms with Gasteiger partial charge in [-0.3, -0.25) is 0 Å². The predicted octanol–water partition coefficient (Wildman–Crippen LogP) is 1.03. The molecule has 146 valence electrons. The van der Waals surface area contributed by atoms with Crippen LogP contribution in [0.3, 0.4) is 0 Å². The van der Waals surface area contributed by atoms with Crippen molar-refractivity contribution in [1.82, 2.24) is 25.1 Å². The summed E-state index contributed by atoms with van der Waals surface area (Å²) in [5, 5.41) is 16.9. The van der Waals surface area contributed by atoms with E-state index in [1.165, 1.54) is 6.33 Å². The highest BCUT2D eigenvalue weighted by atomic mass is 32.2. The second-order valence-electron chi connectivity index (χ2n) is 7.83. The smallest absolute Gasteiger partial charge is 0.156 e. The fourth-order valence-corrected chi connectivity index (χ4v) is 6.90. The van der Waals surface area contributed by atoms with Gasteiger partial charge in [-0.05, 0) is 50.2 Å². The topological polar surface area (TPSA) is 110 Å². The van der Waals surface area contributed by atoms with Crippen molar-refractivity contribution in [3.8, 4) is 5.82 Å². The Morgan fingerprint density at radius 2 is 2.19 bits per heavy atom. The van der Waals surface area contributed by atoms with Crippen molar-refractivity contribution in [2.45, 2.75) is 49.4 Å². The lowest BCUT2D eigenvalue weighted by Crippen LogP contribution is -2.59. The van der Waals surface area contributed by atoms with Crippen LogP contribution in [0.2, 0.25) is 0 Å². The Balaban J connectivity index is 1.42. The summed E-state index contributed by atoms with van der Waals surface area (Å²) in [6.45, 7) is 2.15. The minimum absolute atomic E-state index is 0.0684. The van der Waals surface area contributed by atoms with Gasteiger partial charge < -0.3 is 10.4 Å². The van der Waals surface area contributed by atoms with Crippen molar-refractivity contribution in [2.24, 2.45) is 5.92 Å². The van der Waals surface area contributed by atoms with E-state index in [0.717, 1.165) is 5.56 Å². The molecule has 1 saturated heterocycles. The molecule has 0 amide bonds. The summed E-state index contributed by atoms with van der Waals surface area (Å²) in [6, 6.07) is 4.12. The van der Waals surface area contributed by atoms with Crippen LogP contribution in [0.15, 0.2) is 31.0 Å². The molecule has 0 bridgehead atoms. The lowest BCUT2D eigenvalue weighted by molar-refractivity contribution is 0.105. The molecule has 1 aliphatic carbocycles. The van der Waals surface area contributed by atoms with Gasteiger partial charge in [0.1, 0.15) is 12.7 Å². The first-order chi connectivity index (χ1) is 12.9. The van der Waals surface area contributed by atoms with Crippen LogP contribution in [0, 0.1) is 5.92 Å². The van der Waals surface area contributed by atoms with Gasteiger partial charge in [0.2, 0.25) is 0 Å². The SMILES string of the molecule is CC(NC1CCS(=O)(=O)C2(CC(CO)C2)C1)c1ccc(-n2cncn2)nc1. The van der Waals surface area contributed by atoms with Crippen molar-refractivity contribution in [2.75, 3.05) is 12.4 Å². The van der Waals surface area contributed by atoms with E-state index in [9.17, 15) is 13.5 Å². The van der Waals surface area contributed by atoms with E-state index in [0.29, 0.717) is 31.5 Å². The molecule has 1 spiro atoms. The second kappa shape index (κ2) is 6.96. The number of hydrogen-bond acceptors (Lipinski definition) is 7. The lowest BCUT2D eigenvalue weighted by atomic mass is 9.71. The molecular weight excluding hydrogens is 366 g/mol. The van der Waals surface area contributed by atoms with Gasteiger partial charge in [-0.2, -0.15) is 5.10 Å². The van der Waals surface area contributed by atoms with Crippen LogP contribution in [0.25, 0.3) is 5.82 Å². The monoisotopic (exact) mass is 391 g/mol. The summed E-state index contributed by atoms with van der Waals surface area (Å²) < 4.78 is 26.1. The fraction of sp³-hybridized carbons (Fsp3) is 0.611. The van der Waals surface area contributed by atoms with Gasteiger partial charge in [0.25, 0.3) is 0 Å². The zero-order valence-corrected chi connectivity index (χ0v) is 16.1. The number of nitrogens with one attached hydrogen (secondary N) is 1. The van der Waals surface area contributed by atoms with Gasteiger partial charge in [-0.15, -0.1) is 0 Å². The summed E-state index contributed by atoms with van der Waals surface area (Å²) in [5.74, 6) is 1.05. The molecule has 1 saturated carbocycles. The Morgan fingerprint density at radius 1 is 1.37 bits per heavy atom. The van der Waals surface area contributed by atoms with Crippen molar-refractivity contribution in [3.63, 3.8) is 0 Å². The van der Waals surface area contributed by atoms with Gasteiger partial charge in [0, 0.05) is 24.9 Å². The number of nitrogens with zero attached hydrogens (tertiary/aromatic N) is 4. The summed E-state index contributed by atoms with van der Waals surface area (Å²) in [4.78, 5) is 8.35. The van der Waals surface area contributed by atoms with Gasteiger partial charge in [-0.1, -0.05) is 6.07 Å². The molecule has 4 rings (SSSR count). The summed E-state index contributed by atoms with van der Waals surface area (Å²) >= 11 is 0. The predicted molar refractivity (Wildman–Crippen MR) is 100 cm³/mol. The molecular formula is C18H25N5O3S. The van der Waals surface area contributed by atoms with Crippen molar-refractivity contribution >= 4 is 9.84 Å². The van der Waals surface area contributed by atoms with Gasteiger partial charge in [0.05, 0.1) is 10.5 Å². The minimum Gasteiger partial charge on any atom is -0.396 e. The highest BCUT2D eigenvalue weighted by Gasteiger charge is 2.56. The number of sulfone groups is 1. The van der Waals surface area contributed by atoms with Crippen LogP contribution in [0.1, 0.15) is 44.2 Å².